The first-order chi connectivity index (χ1) is 6.81. The van der Waals surface area contributed by atoms with Gasteiger partial charge in [0.15, 0.2) is 0 Å². The van der Waals surface area contributed by atoms with E-state index in [2.05, 4.69) is 10.3 Å². The molecule has 14 heavy (non-hydrogen) atoms. The summed E-state index contributed by atoms with van der Waals surface area (Å²) in [6, 6.07) is 5.65. The number of hydrogen-bond acceptors (Lipinski definition) is 4. The molecule has 2 heterocycles. The normalized spacial score (nSPS) is 20.6. The lowest BCUT2D eigenvalue weighted by atomic mass is 10.0. The molecule has 1 aliphatic heterocycles. The number of nitrogens with one attached hydrogen (secondary N) is 1. The number of nitrogen functional groups attached to an aromatic ring is 1. The van der Waals surface area contributed by atoms with Crippen LogP contribution < -0.4 is 11.1 Å². The molecule has 4 nitrogen and oxygen atoms in total. The Balaban J connectivity index is 2.28. The van der Waals surface area contributed by atoms with Crippen molar-refractivity contribution in [2.24, 2.45) is 0 Å². The number of aromatic nitrogens is 1. The molecule has 1 aromatic heterocycles. The van der Waals surface area contributed by atoms with Gasteiger partial charge in [-0.05, 0) is 25.1 Å². The highest BCUT2D eigenvalue weighted by molar-refractivity contribution is 5.48. The second-order valence-electron chi connectivity index (χ2n) is 3.47. The van der Waals surface area contributed by atoms with E-state index in [-0.39, 0.29) is 0 Å². The van der Waals surface area contributed by atoms with Gasteiger partial charge in [-0.15, -0.1) is 0 Å². The Morgan fingerprint density at radius 3 is 3.00 bits per heavy atom. The quantitative estimate of drug-likeness (QED) is 0.677. The summed E-state index contributed by atoms with van der Waals surface area (Å²) in [5.74, 6) is 0.793. The Morgan fingerprint density at radius 1 is 1.57 bits per heavy atom. The van der Waals surface area contributed by atoms with Gasteiger partial charge in [-0.25, -0.2) is 4.98 Å². The minimum atomic E-state index is 0.344. The van der Waals surface area contributed by atoms with Crippen LogP contribution in [-0.2, 0) is 0 Å². The first-order valence-corrected chi connectivity index (χ1v) is 4.68. The summed E-state index contributed by atoms with van der Waals surface area (Å²) in [5.41, 5.74) is 7.10. The lowest BCUT2D eigenvalue weighted by Crippen LogP contribution is -2.09. The van der Waals surface area contributed by atoms with E-state index in [1.165, 1.54) is 0 Å². The predicted octanol–water partition coefficient (Wildman–Crippen LogP) is 0.612. The van der Waals surface area contributed by atoms with Crippen molar-refractivity contribution in [1.82, 2.24) is 10.3 Å². The van der Waals surface area contributed by atoms with Crippen molar-refractivity contribution in [3.8, 4) is 6.07 Å². The van der Waals surface area contributed by atoms with Crippen LogP contribution in [0.4, 0.5) is 5.82 Å². The van der Waals surface area contributed by atoms with E-state index in [0.29, 0.717) is 17.3 Å². The molecule has 0 amide bonds. The maximum atomic E-state index is 8.69. The summed E-state index contributed by atoms with van der Waals surface area (Å²) in [6.07, 6.45) is 1.10. The molecule has 2 rings (SSSR count). The van der Waals surface area contributed by atoms with Crippen molar-refractivity contribution >= 4 is 5.82 Å². The SMILES string of the molecule is N#Cc1ccc(C2CCNC2)nc1N. The largest absolute Gasteiger partial charge is 0.383 e. The van der Waals surface area contributed by atoms with Gasteiger partial charge in [-0.1, -0.05) is 0 Å². The summed E-state index contributed by atoms with van der Waals surface area (Å²) < 4.78 is 0. The van der Waals surface area contributed by atoms with E-state index in [9.17, 15) is 0 Å². The average molecular weight is 188 g/mol. The third kappa shape index (κ3) is 1.54. The fourth-order valence-corrected chi connectivity index (χ4v) is 1.72. The molecular weight excluding hydrogens is 176 g/mol. The molecule has 1 saturated heterocycles. The number of rotatable bonds is 1. The topological polar surface area (TPSA) is 74.7 Å². The van der Waals surface area contributed by atoms with Crippen LogP contribution >= 0.6 is 0 Å². The van der Waals surface area contributed by atoms with E-state index < -0.39 is 0 Å². The Kier molecular flexibility index (Phi) is 2.33. The second kappa shape index (κ2) is 3.64. The lowest BCUT2D eigenvalue weighted by Gasteiger charge is -2.08. The van der Waals surface area contributed by atoms with Gasteiger partial charge in [0.05, 0.1) is 5.56 Å². The van der Waals surface area contributed by atoms with Gasteiger partial charge in [-0.2, -0.15) is 5.26 Å². The van der Waals surface area contributed by atoms with E-state index in [1.807, 2.05) is 12.1 Å². The molecule has 1 atom stereocenters. The van der Waals surface area contributed by atoms with Crippen molar-refractivity contribution in [3.05, 3.63) is 23.4 Å². The molecular formula is C10H12N4. The van der Waals surface area contributed by atoms with Crippen LogP contribution in [0.3, 0.4) is 0 Å². The summed E-state index contributed by atoms with van der Waals surface area (Å²) in [7, 11) is 0. The molecule has 1 aliphatic rings. The van der Waals surface area contributed by atoms with Crippen LogP contribution in [0.1, 0.15) is 23.6 Å². The summed E-state index contributed by atoms with van der Waals surface area (Å²) in [6.45, 7) is 1.99. The monoisotopic (exact) mass is 188 g/mol. The summed E-state index contributed by atoms with van der Waals surface area (Å²) in [4.78, 5) is 4.24. The van der Waals surface area contributed by atoms with Gasteiger partial charge < -0.3 is 11.1 Å². The number of nitrogens with two attached hydrogens (primary N) is 1. The number of pyridine rings is 1. The van der Waals surface area contributed by atoms with Crippen LogP contribution in [0.15, 0.2) is 12.1 Å². The number of nitriles is 1. The fraction of sp³-hybridized carbons (Fsp3) is 0.400. The second-order valence-corrected chi connectivity index (χ2v) is 3.47. The third-order valence-electron chi connectivity index (χ3n) is 2.55. The maximum Gasteiger partial charge on any atom is 0.141 e. The molecule has 0 aliphatic carbocycles. The Hall–Kier alpha value is -1.60. The van der Waals surface area contributed by atoms with Gasteiger partial charge in [0.25, 0.3) is 0 Å². The van der Waals surface area contributed by atoms with Crippen molar-refractivity contribution < 1.29 is 0 Å². The number of nitrogens with zero attached hydrogens (tertiary/aromatic N) is 2. The molecule has 0 saturated carbocycles. The minimum Gasteiger partial charge on any atom is -0.383 e. The highest BCUT2D eigenvalue weighted by atomic mass is 14.9. The number of anilines is 1. The summed E-state index contributed by atoms with van der Waals surface area (Å²) in [5, 5.41) is 12.0. The lowest BCUT2D eigenvalue weighted by molar-refractivity contribution is 0.736. The fourth-order valence-electron chi connectivity index (χ4n) is 1.72. The molecule has 0 radical (unpaired) electrons. The smallest absolute Gasteiger partial charge is 0.141 e. The Labute approximate surface area is 82.8 Å². The number of hydrogen-bond donors (Lipinski definition) is 2. The van der Waals surface area contributed by atoms with Gasteiger partial charge in [-0.3, -0.25) is 0 Å². The Bertz CT molecular complexity index is 374. The molecule has 1 fully saturated rings. The Morgan fingerprint density at radius 2 is 2.43 bits per heavy atom. The highest BCUT2D eigenvalue weighted by Crippen LogP contribution is 2.22. The van der Waals surface area contributed by atoms with Gasteiger partial charge in [0.2, 0.25) is 0 Å². The summed E-state index contributed by atoms with van der Waals surface area (Å²) >= 11 is 0. The molecule has 1 aromatic rings. The van der Waals surface area contributed by atoms with Crippen molar-refractivity contribution in [2.75, 3.05) is 18.8 Å². The molecule has 0 spiro atoms. The van der Waals surface area contributed by atoms with Crippen LogP contribution in [0.25, 0.3) is 0 Å². The first-order valence-electron chi connectivity index (χ1n) is 4.68. The van der Waals surface area contributed by atoms with Gasteiger partial charge >= 0.3 is 0 Å². The maximum absolute atomic E-state index is 8.69. The highest BCUT2D eigenvalue weighted by Gasteiger charge is 2.18. The molecule has 3 N–H and O–H groups in total. The predicted molar refractivity (Wildman–Crippen MR) is 53.6 cm³/mol. The van der Waals surface area contributed by atoms with Gasteiger partial charge in [0, 0.05) is 18.2 Å². The molecule has 0 bridgehead atoms. The van der Waals surface area contributed by atoms with Crippen molar-refractivity contribution in [3.63, 3.8) is 0 Å². The van der Waals surface area contributed by atoms with Crippen LogP contribution in [0, 0.1) is 11.3 Å². The van der Waals surface area contributed by atoms with E-state index in [1.54, 1.807) is 6.07 Å². The average Bonchev–Trinajstić information content (AvgIpc) is 2.70. The molecule has 1 unspecified atom stereocenters. The molecule has 4 heteroatoms. The molecule has 72 valence electrons. The van der Waals surface area contributed by atoms with Crippen molar-refractivity contribution in [2.45, 2.75) is 12.3 Å². The zero-order valence-electron chi connectivity index (χ0n) is 7.83. The minimum absolute atomic E-state index is 0.344. The van der Waals surface area contributed by atoms with E-state index >= 15 is 0 Å². The van der Waals surface area contributed by atoms with E-state index in [0.717, 1.165) is 25.2 Å². The first kappa shape index (κ1) is 8.97. The third-order valence-corrected chi connectivity index (χ3v) is 2.55. The molecule has 0 aromatic carbocycles. The van der Waals surface area contributed by atoms with E-state index in [4.69, 9.17) is 11.0 Å². The van der Waals surface area contributed by atoms with Crippen LogP contribution in [0.5, 0.6) is 0 Å². The van der Waals surface area contributed by atoms with Crippen LogP contribution in [0.2, 0.25) is 0 Å². The van der Waals surface area contributed by atoms with Gasteiger partial charge in [0.1, 0.15) is 11.9 Å². The zero-order chi connectivity index (χ0) is 9.97. The van der Waals surface area contributed by atoms with Crippen molar-refractivity contribution in [1.29, 1.82) is 5.26 Å². The van der Waals surface area contributed by atoms with Crippen LogP contribution in [-0.4, -0.2) is 18.1 Å². The standard InChI is InChI=1S/C10H12N4/c11-5-7-1-2-9(14-10(7)12)8-3-4-13-6-8/h1-2,8,13H,3-4,6H2,(H2,12,14). The zero-order valence-corrected chi connectivity index (χ0v) is 7.83.